The van der Waals surface area contributed by atoms with Crippen molar-refractivity contribution in [3.05, 3.63) is 95.6 Å². The number of hydrogen-bond acceptors (Lipinski definition) is 3. The summed E-state index contributed by atoms with van der Waals surface area (Å²) in [6.07, 6.45) is 0.260. The maximum atomic E-state index is 13.2. The van der Waals surface area contributed by atoms with Gasteiger partial charge in [0.05, 0.1) is 0 Å². The van der Waals surface area contributed by atoms with Crippen LogP contribution in [0.4, 0.5) is 0 Å². The van der Waals surface area contributed by atoms with Gasteiger partial charge in [0, 0.05) is 19.3 Å². The second-order valence-corrected chi connectivity index (χ2v) is 7.92. The van der Waals surface area contributed by atoms with E-state index in [9.17, 15) is 19.5 Å². The van der Waals surface area contributed by atoms with Crippen LogP contribution in [-0.4, -0.2) is 35.0 Å². The van der Waals surface area contributed by atoms with Crippen molar-refractivity contribution in [3.63, 3.8) is 0 Å². The van der Waals surface area contributed by atoms with Gasteiger partial charge < -0.3 is 15.7 Å². The fourth-order valence-corrected chi connectivity index (χ4v) is 4.40. The van der Waals surface area contributed by atoms with Gasteiger partial charge in [-0.05, 0) is 27.8 Å². The highest BCUT2D eigenvalue weighted by atomic mass is 16.4. The van der Waals surface area contributed by atoms with Crippen molar-refractivity contribution in [1.82, 2.24) is 10.6 Å². The Hall–Kier alpha value is -3.93. The maximum absolute atomic E-state index is 13.2. The van der Waals surface area contributed by atoms with Crippen molar-refractivity contribution >= 4 is 17.8 Å². The van der Waals surface area contributed by atoms with Crippen molar-refractivity contribution < 1.29 is 19.5 Å². The Labute approximate surface area is 186 Å². The standard InChI is InChI=1S/C26H24N2O4/c1-16(29)27-22(15-17-9-3-2-4-10-17)25(30)28-24(26(31)32)23-20-13-7-5-11-18(20)19-12-6-8-14-21(19)23/h2-14,22-24H,15H2,1H3,(H,27,29)(H,28,30)(H,31,32)/t22-,24+/m0/s1. The first-order valence-corrected chi connectivity index (χ1v) is 10.5. The van der Waals surface area contributed by atoms with Gasteiger partial charge in [0.15, 0.2) is 0 Å². The highest BCUT2D eigenvalue weighted by Gasteiger charge is 2.39. The average Bonchev–Trinajstić information content (AvgIpc) is 3.11. The first kappa shape index (κ1) is 21.3. The van der Waals surface area contributed by atoms with Gasteiger partial charge in [0.1, 0.15) is 12.1 Å². The molecule has 3 N–H and O–H groups in total. The molecule has 0 unspecified atom stereocenters. The monoisotopic (exact) mass is 428 g/mol. The van der Waals surface area contributed by atoms with Crippen LogP contribution in [0, 0.1) is 0 Å². The number of rotatable bonds is 7. The summed E-state index contributed by atoms with van der Waals surface area (Å²) < 4.78 is 0. The van der Waals surface area contributed by atoms with E-state index >= 15 is 0 Å². The Morgan fingerprint density at radius 3 is 1.88 bits per heavy atom. The zero-order valence-electron chi connectivity index (χ0n) is 17.6. The molecule has 3 aromatic carbocycles. The lowest BCUT2D eigenvalue weighted by Gasteiger charge is -2.26. The van der Waals surface area contributed by atoms with Crippen molar-refractivity contribution in [3.8, 4) is 11.1 Å². The molecule has 2 atom stereocenters. The SMILES string of the molecule is CC(=O)N[C@@H](Cc1ccccc1)C(=O)N[C@@H](C(=O)O)C1c2ccccc2-c2ccccc21. The molecule has 0 aliphatic heterocycles. The van der Waals surface area contributed by atoms with Crippen LogP contribution in [0.15, 0.2) is 78.9 Å². The van der Waals surface area contributed by atoms with Gasteiger partial charge in [-0.2, -0.15) is 0 Å². The van der Waals surface area contributed by atoms with Crippen LogP contribution < -0.4 is 10.6 Å². The van der Waals surface area contributed by atoms with E-state index in [1.165, 1.54) is 6.92 Å². The molecule has 32 heavy (non-hydrogen) atoms. The van der Waals surface area contributed by atoms with Crippen LogP contribution in [0.3, 0.4) is 0 Å². The first-order chi connectivity index (χ1) is 15.5. The minimum Gasteiger partial charge on any atom is -0.480 e. The summed E-state index contributed by atoms with van der Waals surface area (Å²) in [6.45, 7) is 1.34. The van der Waals surface area contributed by atoms with E-state index in [0.29, 0.717) is 0 Å². The van der Waals surface area contributed by atoms with Gasteiger partial charge in [-0.1, -0.05) is 78.9 Å². The zero-order valence-corrected chi connectivity index (χ0v) is 17.6. The smallest absolute Gasteiger partial charge is 0.327 e. The molecule has 162 valence electrons. The van der Waals surface area contributed by atoms with Crippen LogP contribution in [0.5, 0.6) is 0 Å². The zero-order chi connectivity index (χ0) is 22.7. The largest absolute Gasteiger partial charge is 0.480 e. The van der Waals surface area contributed by atoms with Crippen molar-refractivity contribution in [2.45, 2.75) is 31.3 Å². The second kappa shape index (κ2) is 9.06. The number of carbonyl (C=O) groups excluding carboxylic acids is 2. The summed E-state index contributed by atoms with van der Waals surface area (Å²) in [5.41, 5.74) is 4.53. The summed E-state index contributed by atoms with van der Waals surface area (Å²) in [7, 11) is 0. The molecule has 0 aromatic heterocycles. The number of nitrogens with one attached hydrogen (secondary N) is 2. The van der Waals surface area contributed by atoms with E-state index < -0.39 is 29.9 Å². The fraction of sp³-hybridized carbons (Fsp3) is 0.192. The summed E-state index contributed by atoms with van der Waals surface area (Å²) in [5, 5.41) is 15.5. The van der Waals surface area contributed by atoms with Gasteiger partial charge in [-0.3, -0.25) is 9.59 Å². The van der Waals surface area contributed by atoms with Crippen LogP contribution in [-0.2, 0) is 20.8 Å². The molecule has 0 spiro atoms. The number of carbonyl (C=O) groups is 3. The van der Waals surface area contributed by atoms with Crippen LogP contribution in [0.25, 0.3) is 11.1 Å². The molecule has 6 nitrogen and oxygen atoms in total. The lowest BCUT2D eigenvalue weighted by Crippen LogP contribution is -2.53. The topological polar surface area (TPSA) is 95.5 Å². The Morgan fingerprint density at radius 2 is 1.34 bits per heavy atom. The third-order valence-corrected chi connectivity index (χ3v) is 5.76. The molecular weight excluding hydrogens is 404 g/mol. The third-order valence-electron chi connectivity index (χ3n) is 5.76. The molecule has 2 amide bonds. The molecule has 0 bridgehead atoms. The number of amides is 2. The number of aliphatic carboxylic acids is 1. The predicted octanol–water partition coefficient (Wildman–Crippen LogP) is 3.12. The third kappa shape index (κ3) is 4.25. The van der Waals surface area contributed by atoms with Gasteiger partial charge in [-0.15, -0.1) is 0 Å². The number of carboxylic acids is 1. The van der Waals surface area contributed by atoms with Crippen molar-refractivity contribution in [2.24, 2.45) is 0 Å². The lowest BCUT2D eigenvalue weighted by atomic mass is 9.89. The second-order valence-electron chi connectivity index (χ2n) is 7.92. The van der Waals surface area contributed by atoms with E-state index in [-0.39, 0.29) is 12.3 Å². The summed E-state index contributed by atoms with van der Waals surface area (Å²) in [5.74, 6) is -2.54. The number of carboxylic acid groups (broad SMARTS) is 1. The van der Waals surface area contributed by atoms with Gasteiger partial charge in [0.2, 0.25) is 11.8 Å². The molecule has 0 radical (unpaired) electrons. The molecule has 4 rings (SSSR count). The van der Waals surface area contributed by atoms with E-state index in [1.807, 2.05) is 78.9 Å². The molecule has 0 saturated heterocycles. The normalized spacial score (nSPS) is 14.0. The molecule has 6 heteroatoms. The van der Waals surface area contributed by atoms with Crippen molar-refractivity contribution in [1.29, 1.82) is 0 Å². The Kier molecular flexibility index (Phi) is 6.03. The lowest BCUT2D eigenvalue weighted by molar-refractivity contribution is -0.142. The van der Waals surface area contributed by atoms with Crippen LogP contribution in [0.1, 0.15) is 29.5 Å². The van der Waals surface area contributed by atoms with E-state index in [2.05, 4.69) is 10.6 Å². The minimum atomic E-state index is -1.18. The van der Waals surface area contributed by atoms with E-state index in [4.69, 9.17) is 0 Å². The molecule has 1 aliphatic carbocycles. The molecule has 1 aliphatic rings. The fourth-order valence-electron chi connectivity index (χ4n) is 4.40. The van der Waals surface area contributed by atoms with Gasteiger partial charge in [-0.25, -0.2) is 4.79 Å². The van der Waals surface area contributed by atoms with Crippen molar-refractivity contribution in [2.75, 3.05) is 0 Å². The average molecular weight is 428 g/mol. The summed E-state index contributed by atoms with van der Waals surface area (Å²) in [6, 6.07) is 22.5. The Morgan fingerprint density at radius 1 is 0.812 bits per heavy atom. The highest BCUT2D eigenvalue weighted by Crippen LogP contribution is 2.46. The number of fused-ring (bicyclic) bond motifs is 3. The van der Waals surface area contributed by atoms with Crippen LogP contribution in [0.2, 0.25) is 0 Å². The molecule has 0 fully saturated rings. The molecular formula is C26H24N2O4. The molecule has 0 saturated carbocycles. The molecule has 3 aromatic rings. The van der Waals surface area contributed by atoms with E-state index in [1.54, 1.807) is 0 Å². The van der Waals surface area contributed by atoms with Gasteiger partial charge >= 0.3 is 5.97 Å². The minimum absolute atomic E-state index is 0.260. The maximum Gasteiger partial charge on any atom is 0.327 e. The summed E-state index contributed by atoms with van der Waals surface area (Å²) >= 11 is 0. The highest BCUT2D eigenvalue weighted by molar-refractivity contribution is 5.92. The number of hydrogen-bond donors (Lipinski definition) is 3. The molecule has 0 heterocycles. The Bertz CT molecular complexity index is 1110. The van der Waals surface area contributed by atoms with Gasteiger partial charge in [0.25, 0.3) is 0 Å². The van der Waals surface area contributed by atoms with E-state index in [0.717, 1.165) is 27.8 Å². The first-order valence-electron chi connectivity index (χ1n) is 10.5. The number of benzene rings is 3. The summed E-state index contributed by atoms with van der Waals surface area (Å²) in [4.78, 5) is 37.3. The Balaban J connectivity index is 1.65. The quantitative estimate of drug-likeness (QED) is 0.539. The predicted molar refractivity (Wildman–Crippen MR) is 121 cm³/mol. The van der Waals surface area contributed by atoms with Crippen LogP contribution >= 0.6 is 0 Å².